The van der Waals surface area contributed by atoms with Gasteiger partial charge in [-0.3, -0.25) is 9.59 Å². The fourth-order valence-corrected chi connectivity index (χ4v) is 3.77. The van der Waals surface area contributed by atoms with Gasteiger partial charge in [-0.2, -0.15) is 0 Å². The Hall–Kier alpha value is -2.93. The number of hydrogen-bond donors (Lipinski definition) is 3. The summed E-state index contributed by atoms with van der Waals surface area (Å²) in [7, 11) is 0. The van der Waals surface area contributed by atoms with Crippen molar-refractivity contribution in [3.63, 3.8) is 0 Å². The van der Waals surface area contributed by atoms with Gasteiger partial charge in [0.25, 0.3) is 5.91 Å². The Morgan fingerprint density at radius 1 is 1.12 bits per heavy atom. The lowest BCUT2D eigenvalue weighted by Crippen LogP contribution is -2.38. The maximum atomic E-state index is 14.9. The number of carbonyl (C=O) groups is 2. The van der Waals surface area contributed by atoms with Gasteiger partial charge in [-0.15, -0.1) is 0 Å². The largest absolute Gasteiger partial charge is 0.484 e. The molecule has 1 unspecified atom stereocenters. The highest BCUT2D eigenvalue weighted by molar-refractivity contribution is 5.97. The van der Waals surface area contributed by atoms with Gasteiger partial charge in [0.2, 0.25) is 5.91 Å². The van der Waals surface area contributed by atoms with Crippen LogP contribution in [0.3, 0.4) is 0 Å². The van der Waals surface area contributed by atoms with Crippen LogP contribution in [0.1, 0.15) is 81.0 Å². The molecule has 1 aliphatic carbocycles. The SMILES string of the molecule is CC.CC(=O)Nc1c(F)cc(C(=O)NC2CCC(O)CC2)cc1OC(C)c1cccc(C)c1. The minimum Gasteiger partial charge on any atom is -0.484 e. The summed E-state index contributed by atoms with van der Waals surface area (Å²) in [5, 5.41) is 15.0. The number of anilines is 1. The monoisotopic (exact) mass is 458 g/mol. The first-order valence-corrected chi connectivity index (χ1v) is 11.6. The molecule has 3 rings (SSSR count). The quantitative estimate of drug-likeness (QED) is 0.549. The maximum Gasteiger partial charge on any atom is 0.251 e. The lowest BCUT2D eigenvalue weighted by molar-refractivity contribution is -0.114. The second kappa shape index (κ2) is 12.3. The number of aryl methyl sites for hydroxylation is 1. The summed E-state index contributed by atoms with van der Waals surface area (Å²) < 4.78 is 20.9. The fraction of sp³-hybridized carbons (Fsp3) is 0.462. The van der Waals surface area contributed by atoms with E-state index in [0.717, 1.165) is 17.2 Å². The van der Waals surface area contributed by atoms with E-state index in [0.29, 0.717) is 25.7 Å². The number of aliphatic hydroxyl groups excluding tert-OH is 1. The number of carbonyl (C=O) groups excluding carboxylic acids is 2. The zero-order valence-corrected chi connectivity index (χ0v) is 20.1. The minimum atomic E-state index is -0.742. The number of ether oxygens (including phenoxy) is 1. The van der Waals surface area contributed by atoms with E-state index < -0.39 is 23.7 Å². The number of nitrogens with one attached hydrogen (secondary N) is 2. The summed E-state index contributed by atoms with van der Waals surface area (Å²) >= 11 is 0. The smallest absolute Gasteiger partial charge is 0.251 e. The maximum absolute atomic E-state index is 14.9. The summed E-state index contributed by atoms with van der Waals surface area (Å²) in [4.78, 5) is 24.3. The van der Waals surface area contributed by atoms with Crippen molar-refractivity contribution in [3.8, 4) is 5.75 Å². The first kappa shape index (κ1) is 26.3. The molecule has 1 atom stereocenters. The van der Waals surface area contributed by atoms with Crippen LogP contribution >= 0.6 is 0 Å². The Labute approximate surface area is 195 Å². The molecule has 1 aliphatic rings. The van der Waals surface area contributed by atoms with Crippen molar-refractivity contribution in [2.75, 3.05) is 5.32 Å². The van der Waals surface area contributed by atoms with Gasteiger partial charge in [-0.25, -0.2) is 4.39 Å². The molecule has 0 saturated heterocycles. The Balaban J connectivity index is 0.00000187. The molecule has 1 fully saturated rings. The molecule has 180 valence electrons. The molecule has 2 aromatic carbocycles. The molecule has 1 saturated carbocycles. The summed E-state index contributed by atoms with van der Waals surface area (Å²) in [6.07, 6.45) is 1.85. The van der Waals surface area contributed by atoms with Gasteiger partial charge in [-0.1, -0.05) is 43.7 Å². The van der Waals surface area contributed by atoms with Crippen LogP contribution in [0.4, 0.5) is 10.1 Å². The predicted octanol–water partition coefficient (Wildman–Crippen LogP) is 5.29. The molecule has 3 N–H and O–H groups in total. The van der Waals surface area contributed by atoms with E-state index in [-0.39, 0.29) is 29.1 Å². The van der Waals surface area contributed by atoms with E-state index in [1.165, 1.54) is 13.0 Å². The van der Waals surface area contributed by atoms with Gasteiger partial charge < -0.3 is 20.5 Å². The molecular weight excluding hydrogens is 423 g/mol. The molecule has 2 aromatic rings. The molecule has 0 spiro atoms. The number of rotatable bonds is 6. The van der Waals surface area contributed by atoms with Crippen LogP contribution in [0, 0.1) is 12.7 Å². The number of benzene rings is 2. The zero-order valence-electron chi connectivity index (χ0n) is 20.1. The average molecular weight is 459 g/mol. The van der Waals surface area contributed by atoms with Crippen molar-refractivity contribution < 1.29 is 23.8 Å². The number of hydrogen-bond acceptors (Lipinski definition) is 4. The third-order valence-electron chi connectivity index (χ3n) is 5.46. The number of halogens is 1. The van der Waals surface area contributed by atoms with E-state index in [1.807, 2.05) is 52.0 Å². The van der Waals surface area contributed by atoms with Gasteiger partial charge in [0.1, 0.15) is 17.5 Å². The van der Waals surface area contributed by atoms with Gasteiger partial charge in [0.15, 0.2) is 5.82 Å². The predicted molar refractivity (Wildman–Crippen MR) is 128 cm³/mol. The second-order valence-electron chi connectivity index (χ2n) is 8.17. The van der Waals surface area contributed by atoms with Crippen LogP contribution in [-0.4, -0.2) is 29.1 Å². The number of amides is 2. The Morgan fingerprint density at radius 3 is 2.39 bits per heavy atom. The zero-order chi connectivity index (χ0) is 24.5. The Kier molecular flexibility index (Phi) is 9.85. The molecule has 0 heterocycles. The van der Waals surface area contributed by atoms with Gasteiger partial charge >= 0.3 is 0 Å². The van der Waals surface area contributed by atoms with Crippen LogP contribution in [0.25, 0.3) is 0 Å². The normalized spacial score (nSPS) is 18.4. The first-order valence-electron chi connectivity index (χ1n) is 11.6. The van der Waals surface area contributed by atoms with Gasteiger partial charge in [-0.05, 0) is 57.2 Å². The van der Waals surface area contributed by atoms with Crippen LogP contribution in [-0.2, 0) is 4.79 Å². The summed E-state index contributed by atoms with van der Waals surface area (Å²) in [6, 6.07) is 10.2. The van der Waals surface area contributed by atoms with Crippen molar-refractivity contribution in [1.82, 2.24) is 5.32 Å². The minimum absolute atomic E-state index is 0.0652. The fourth-order valence-electron chi connectivity index (χ4n) is 3.77. The average Bonchev–Trinajstić information content (AvgIpc) is 2.78. The van der Waals surface area contributed by atoms with Crippen molar-refractivity contribution in [1.29, 1.82) is 0 Å². The van der Waals surface area contributed by atoms with Gasteiger partial charge in [0.05, 0.1) is 6.10 Å². The second-order valence-corrected chi connectivity index (χ2v) is 8.17. The van der Waals surface area contributed by atoms with E-state index in [2.05, 4.69) is 10.6 Å². The Bertz CT molecular complexity index is 955. The Morgan fingerprint density at radius 2 is 1.79 bits per heavy atom. The molecule has 0 aliphatic heterocycles. The first-order chi connectivity index (χ1) is 15.7. The van der Waals surface area contributed by atoms with E-state index in [1.54, 1.807) is 0 Å². The van der Waals surface area contributed by atoms with Gasteiger partial charge in [0, 0.05) is 18.5 Å². The summed E-state index contributed by atoms with van der Waals surface area (Å²) in [5.41, 5.74) is 1.98. The molecule has 2 amide bonds. The summed E-state index contributed by atoms with van der Waals surface area (Å²) in [5.74, 6) is -1.51. The third kappa shape index (κ3) is 7.56. The van der Waals surface area contributed by atoms with Crippen LogP contribution < -0.4 is 15.4 Å². The van der Waals surface area contributed by atoms with Crippen molar-refractivity contribution >= 4 is 17.5 Å². The van der Waals surface area contributed by atoms with Crippen molar-refractivity contribution in [3.05, 3.63) is 58.9 Å². The molecular formula is C26H35FN2O4. The molecule has 0 radical (unpaired) electrons. The lowest BCUT2D eigenvalue weighted by atomic mass is 9.93. The van der Waals surface area contributed by atoms with Crippen LogP contribution in [0.15, 0.2) is 36.4 Å². The third-order valence-corrected chi connectivity index (χ3v) is 5.46. The highest BCUT2D eigenvalue weighted by Crippen LogP contribution is 2.33. The van der Waals surface area contributed by atoms with Crippen LogP contribution in [0.5, 0.6) is 5.75 Å². The molecule has 7 heteroatoms. The lowest BCUT2D eigenvalue weighted by Gasteiger charge is -2.26. The molecule has 0 aromatic heterocycles. The molecule has 6 nitrogen and oxygen atoms in total. The standard InChI is InChI=1S/C24H29FN2O4.C2H6/c1-14-5-4-6-17(11-14)15(2)31-22-13-18(12-21(25)23(22)26-16(3)28)24(30)27-19-7-9-20(29)10-8-19;1-2/h4-6,11-13,15,19-20,29H,7-10H2,1-3H3,(H,26,28)(H,27,30);1-2H3. The molecule has 0 bridgehead atoms. The van der Waals surface area contributed by atoms with Crippen molar-refractivity contribution in [2.24, 2.45) is 0 Å². The highest BCUT2D eigenvalue weighted by atomic mass is 19.1. The topological polar surface area (TPSA) is 87.7 Å². The van der Waals surface area contributed by atoms with E-state index in [4.69, 9.17) is 4.74 Å². The van der Waals surface area contributed by atoms with Crippen molar-refractivity contribution in [2.45, 2.75) is 78.6 Å². The highest BCUT2D eigenvalue weighted by Gasteiger charge is 2.24. The number of aliphatic hydroxyl groups is 1. The van der Waals surface area contributed by atoms with E-state index in [9.17, 15) is 19.1 Å². The summed E-state index contributed by atoms with van der Waals surface area (Å²) in [6.45, 7) is 9.07. The van der Waals surface area contributed by atoms with Crippen LogP contribution in [0.2, 0.25) is 0 Å². The van der Waals surface area contributed by atoms with E-state index >= 15 is 0 Å². The molecule has 33 heavy (non-hydrogen) atoms.